The van der Waals surface area contributed by atoms with Crippen LogP contribution in [0.1, 0.15) is 47.5 Å². The zero-order chi connectivity index (χ0) is 20.1. The van der Waals surface area contributed by atoms with Gasteiger partial charge in [0.2, 0.25) is 5.91 Å². The molecule has 1 saturated heterocycles. The van der Waals surface area contributed by atoms with Crippen LogP contribution in [0.4, 0.5) is 0 Å². The SMILES string of the molecule is Cc1nc(C)c(CCC(=O)NC2(c3cccc(C#N)c3)CCOCC2)c(=O)[nH]1. The van der Waals surface area contributed by atoms with Gasteiger partial charge >= 0.3 is 0 Å². The van der Waals surface area contributed by atoms with Gasteiger partial charge in [0, 0.05) is 30.9 Å². The second-order valence-electron chi connectivity index (χ2n) is 7.15. The lowest BCUT2D eigenvalue weighted by Gasteiger charge is -2.38. The third kappa shape index (κ3) is 4.29. The molecule has 1 aliphatic rings. The van der Waals surface area contributed by atoms with E-state index in [1.54, 1.807) is 19.9 Å². The van der Waals surface area contributed by atoms with Crippen molar-refractivity contribution in [3.8, 4) is 6.07 Å². The molecule has 0 unspecified atom stereocenters. The molecule has 3 rings (SSSR count). The van der Waals surface area contributed by atoms with Crippen molar-refractivity contribution in [2.24, 2.45) is 0 Å². The summed E-state index contributed by atoms with van der Waals surface area (Å²) in [5.41, 5.74) is 1.90. The highest BCUT2D eigenvalue weighted by Gasteiger charge is 2.36. The van der Waals surface area contributed by atoms with Crippen molar-refractivity contribution in [3.63, 3.8) is 0 Å². The second-order valence-corrected chi connectivity index (χ2v) is 7.15. The van der Waals surface area contributed by atoms with E-state index in [1.807, 2.05) is 18.2 Å². The number of carbonyl (C=O) groups excluding carboxylic acids is 1. The molecule has 146 valence electrons. The van der Waals surface area contributed by atoms with Gasteiger partial charge in [-0.25, -0.2) is 4.98 Å². The van der Waals surface area contributed by atoms with E-state index in [0.717, 1.165) is 5.56 Å². The number of aryl methyl sites for hydroxylation is 2. The topological polar surface area (TPSA) is 108 Å². The normalized spacial score (nSPS) is 15.6. The summed E-state index contributed by atoms with van der Waals surface area (Å²) in [7, 11) is 0. The van der Waals surface area contributed by atoms with E-state index in [0.29, 0.717) is 55.1 Å². The molecule has 1 aliphatic heterocycles. The molecule has 1 amide bonds. The number of nitriles is 1. The minimum atomic E-state index is -0.560. The number of ether oxygens (including phenoxy) is 1. The van der Waals surface area contributed by atoms with Crippen molar-refractivity contribution >= 4 is 5.91 Å². The van der Waals surface area contributed by atoms with E-state index >= 15 is 0 Å². The van der Waals surface area contributed by atoms with Crippen LogP contribution < -0.4 is 10.9 Å². The number of aromatic nitrogens is 2. The Labute approximate surface area is 163 Å². The van der Waals surface area contributed by atoms with E-state index in [2.05, 4.69) is 21.4 Å². The lowest BCUT2D eigenvalue weighted by molar-refractivity contribution is -0.124. The maximum absolute atomic E-state index is 12.8. The van der Waals surface area contributed by atoms with Crippen molar-refractivity contribution in [1.29, 1.82) is 5.26 Å². The number of benzene rings is 1. The molecule has 0 saturated carbocycles. The van der Waals surface area contributed by atoms with Gasteiger partial charge in [-0.1, -0.05) is 12.1 Å². The molecule has 0 bridgehead atoms. The van der Waals surface area contributed by atoms with Crippen molar-refractivity contribution < 1.29 is 9.53 Å². The average Bonchev–Trinajstić information content (AvgIpc) is 2.68. The van der Waals surface area contributed by atoms with Crippen molar-refractivity contribution in [1.82, 2.24) is 15.3 Å². The molecule has 7 nitrogen and oxygen atoms in total. The van der Waals surface area contributed by atoms with Crippen LogP contribution in [0.5, 0.6) is 0 Å². The quantitative estimate of drug-likeness (QED) is 0.825. The Kier molecular flexibility index (Phi) is 5.90. The molecule has 1 fully saturated rings. The van der Waals surface area contributed by atoms with Crippen LogP contribution in [-0.4, -0.2) is 29.1 Å². The third-order valence-electron chi connectivity index (χ3n) is 5.21. The molecule has 7 heteroatoms. The Morgan fingerprint density at radius 1 is 1.36 bits per heavy atom. The summed E-state index contributed by atoms with van der Waals surface area (Å²) in [4.78, 5) is 31.9. The summed E-state index contributed by atoms with van der Waals surface area (Å²) >= 11 is 0. The van der Waals surface area contributed by atoms with Crippen molar-refractivity contribution in [2.75, 3.05) is 13.2 Å². The molecule has 2 N–H and O–H groups in total. The predicted molar refractivity (Wildman–Crippen MR) is 104 cm³/mol. The van der Waals surface area contributed by atoms with Gasteiger partial charge in [0.1, 0.15) is 5.82 Å². The van der Waals surface area contributed by atoms with Gasteiger partial charge in [0.05, 0.1) is 17.2 Å². The third-order valence-corrected chi connectivity index (χ3v) is 5.21. The lowest BCUT2D eigenvalue weighted by Crippen LogP contribution is -2.49. The number of carbonyl (C=O) groups is 1. The number of nitrogens with zero attached hydrogens (tertiary/aromatic N) is 2. The summed E-state index contributed by atoms with van der Waals surface area (Å²) in [5, 5.41) is 12.4. The van der Waals surface area contributed by atoms with Gasteiger partial charge in [0.15, 0.2) is 0 Å². The molecule has 0 atom stereocenters. The summed E-state index contributed by atoms with van der Waals surface area (Å²) in [6.07, 6.45) is 1.79. The van der Waals surface area contributed by atoms with Gasteiger partial charge in [0.25, 0.3) is 5.56 Å². The fourth-order valence-corrected chi connectivity index (χ4v) is 3.71. The first-order valence-corrected chi connectivity index (χ1v) is 9.39. The summed E-state index contributed by atoms with van der Waals surface area (Å²) in [5.74, 6) is 0.429. The number of rotatable bonds is 5. The summed E-state index contributed by atoms with van der Waals surface area (Å²) in [6.45, 7) is 4.59. The van der Waals surface area contributed by atoms with Crippen molar-refractivity contribution in [3.05, 3.63) is 62.8 Å². The lowest BCUT2D eigenvalue weighted by atomic mass is 9.82. The maximum atomic E-state index is 12.8. The standard InChI is InChI=1S/C21H24N4O3/c1-14-18(20(27)24-15(2)23-14)6-7-19(26)25-21(8-10-28-11-9-21)17-5-3-4-16(12-17)13-22/h3-5,12H,6-11H2,1-2H3,(H,25,26)(H,23,24,27). The van der Waals surface area contributed by atoms with E-state index in [1.165, 1.54) is 0 Å². The minimum absolute atomic E-state index is 0.136. The highest BCUT2D eigenvalue weighted by molar-refractivity contribution is 5.77. The largest absolute Gasteiger partial charge is 0.381 e. The fourth-order valence-electron chi connectivity index (χ4n) is 3.71. The number of hydrogen-bond donors (Lipinski definition) is 2. The minimum Gasteiger partial charge on any atom is -0.381 e. The molecule has 1 aromatic carbocycles. The highest BCUT2D eigenvalue weighted by atomic mass is 16.5. The number of hydrogen-bond acceptors (Lipinski definition) is 5. The summed E-state index contributed by atoms with van der Waals surface area (Å²) in [6, 6.07) is 9.49. The molecule has 0 radical (unpaired) electrons. The van der Waals surface area contributed by atoms with E-state index in [4.69, 9.17) is 4.74 Å². The number of aromatic amines is 1. The van der Waals surface area contributed by atoms with Crippen LogP contribution >= 0.6 is 0 Å². The highest BCUT2D eigenvalue weighted by Crippen LogP contribution is 2.32. The smallest absolute Gasteiger partial charge is 0.254 e. The van der Waals surface area contributed by atoms with E-state index < -0.39 is 5.54 Å². The predicted octanol–water partition coefficient (Wildman–Crippen LogP) is 2.01. The first-order chi connectivity index (χ1) is 13.4. The van der Waals surface area contributed by atoms with Crippen LogP contribution in [-0.2, 0) is 21.5 Å². The molecular weight excluding hydrogens is 356 g/mol. The van der Waals surface area contributed by atoms with Crippen LogP contribution in [0.3, 0.4) is 0 Å². The Hall–Kier alpha value is -2.98. The second kappa shape index (κ2) is 8.36. The van der Waals surface area contributed by atoms with Gasteiger partial charge in [-0.15, -0.1) is 0 Å². The zero-order valence-corrected chi connectivity index (χ0v) is 16.2. The fraction of sp³-hybridized carbons (Fsp3) is 0.429. The number of nitrogens with one attached hydrogen (secondary N) is 2. The first-order valence-electron chi connectivity index (χ1n) is 9.39. The summed E-state index contributed by atoms with van der Waals surface area (Å²) < 4.78 is 5.49. The Morgan fingerprint density at radius 2 is 2.11 bits per heavy atom. The zero-order valence-electron chi connectivity index (χ0n) is 16.2. The van der Waals surface area contributed by atoms with Gasteiger partial charge in [-0.2, -0.15) is 5.26 Å². The Bertz CT molecular complexity index is 968. The van der Waals surface area contributed by atoms with Crippen LogP contribution in [0.25, 0.3) is 0 Å². The molecule has 2 aromatic rings. The van der Waals surface area contributed by atoms with Gasteiger partial charge < -0.3 is 15.0 Å². The number of amides is 1. The first kappa shape index (κ1) is 19.8. The van der Waals surface area contributed by atoms with Gasteiger partial charge in [-0.3, -0.25) is 9.59 Å². The molecule has 0 aliphatic carbocycles. The Balaban J connectivity index is 1.77. The van der Waals surface area contributed by atoms with Crippen molar-refractivity contribution in [2.45, 2.75) is 45.1 Å². The Morgan fingerprint density at radius 3 is 2.79 bits per heavy atom. The molecule has 1 aromatic heterocycles. The van der Waals surface area contributed by atoms with E-state index in [9.17, 15) is 14.9 Å². The monoisotopic (exact) mass is 380 g/mol. The molecule has 0 spiro atoms. The molecular formula is C21H24N4O3. The van der Waals surface area contributed by atoms with Crippen LogP contribution in [0, 0.1) is 25.2 Å². The number of H-pyrrole nitrogens is 1. The van der Waals surface area contributed by atoms with Gasteiger partial charge in [-0.05, 0) is 50.8 Å². The van der Waals surface area contributed by atoms with E-state index in [-0.39, 0.29) is 17.9 Å². The molecule has 2 heterocycles. The van der Waals surface area contributed by atoms with Crippen LogP contribution in [0.2, 0.25) is 0 Å². The molecule has 28 heavy (non-hydrogen) atoms. The van der Waals surface area contributed by atoms with Crippen LogP contribution in [0.15, 0.2) is 29.1 Å². The average molecular weight is 380 g/mol. The maximum Gasteiger partial charge on any atom is 0.254 e.